The highest BCUT2D eigenvalue weighted by atomic mass is 19.1. The Hall–Kier alpha value is -3.49. The molecule has 9 heteroatoms. The largest absolute Gasteiger partial charge is 0.357 e. The van der Waals surface area contributed by atoms with Crippen molar-refractivity contribution in [1.29, 1.82) is 0 Å². The molecule has 0 spiro atoms. The van der Waals surface area contributed by atoms with Gasteiger partial charge in [0.05, 0.1) is 11.9 Å². The minimum atomic E-state index is -0.308. The molecule has 3 aromatic heterocycles. The van der Waals surface area contributed by atoms with E-state index in [1.54, 1.807) is 25.3 Å². The zero-order valence-corrected chi connectivity index (χ0v) is 14.0. The van der Waals surface area contributed by atoms with Gasteiger partial charge in [0.1, 0.15) is 18.2 Å². The first-order valence-corrected chi connectivity index (χ1v) is 7.90. The van der Waals surface area contributed by atoms with Crippen molar-refractivity contribution in [3.05, 3.63) is 54.3 Å². The number of hydrogen-bond acceptors (Lipinski definition) is 8. The van der Waals surface area contributed by atoms with Gasteiger partial charge in [0.2, 0.25) is 5.89 Å². The predicted molar refractivity (Wildman–Crippen MR) is 91.6 cm³/mol. The number of fused-ring (bicyclic) bond motifs is 1. The molecular formula is C17H14FN7O. The first-order valence-electron chi connectivity index (χ1n) is 7.90. The Balaban J connectivity index is 1.72. The maximum Gasteiger partial charge on any atom is 0.248 e. The lowest BCUT2D eigenvalue weighted by molar-refractivity contribution is 0.364. The lowest BCUT2D eigenvalue weighted by Gasteiger charge is -2.12. The van der Waals surface area contributed by atoms with Crippen molar-refractivity contribution in [2.45, 2.75) is 19.9 Å². The number of hydrogen-bond donors (Lipinski definition) is 1. The molecular weight excluding hydrogens is 337 g/mol. The fraction of sp³-hybridized carbons (Fsp3) is 0.176. The fourth-order valence-corrected chi connectivity index (χ4v) is 2.46. The van der Waals surface area contributed by atoms with Crippen molar-refractivity contribution in [2.75, 3.05) is 5.32 Å². The third-order valence-electron chi connectivity index (χ3n) is 3.75. The number of aryl methyl sites for hydroxylation is 1. The van der Waals surface area contributed by atoms with E-state index in [0.29, 0.717) is 34.4 Å². The highest BCUT2D eigenvalue weighted by molar-refractivity contribution is 5.83. The highest BCUT2D eigenvalue weighted by Crippen LogP contribution is 2.24. The minimum absolute atomic E-state index is 0.273. The predicted octanol–water partition coefficient (Wildman–Crippen LogP) is 3.09. The summed E-state index contributed by atoms with van der Waals surface area (Å²) in [5.41, 5.74) is 2.28. The van der Waals surface area contributed by atoms with Gasteiger partial charge in [0.15, 0.2) is 22.8 Å². The van der Waals surface area contributed by atoms with Gasteiger partial charge in [-0.2, -0.15) is 4.98 Å². The number of halogens is 1. The quantitative estimate of drug-likeness (QED) is 0.598. The maximum absolute atomic E-state index is 13.1. The molecule has 1 atom stereocenters. The van der Waals surface area contributed by atoms with Crippen molar-refractivity contribution in [2.24, 2.45) is 0 Å². The average molecular weight is 351 g/mol. The third-order valence-corrected chi connectivity index (χ3v) is 3.75. The van der Waals surface area contributed by atoms with Gasteiger partial charge >= 0.3 is 0 Å². The van der Waals surface area contributed by atoms with E-state index >= 15 is 0 Å². The van der Waals surface area contributed by atoms with Crippen LogP contribution in [0.3, 0.4) is 0 Å². The van der Waals surface area contributed by atoms with E-state index in [4.69, 9.17) is 4.52 Å². The highest BCUT2D eigenvalue weighted by Gasteiger charge is 2.16. The van der Waals surface area contributed by atoms with Crippen molar-refractivity contribution >= 4 is 17.0 Å². The van der Waals surface area contributed by atoms with Gasteiger partial charge < -0.3 is 9.84 Å². The van der Waals surface area contributed by atoms with Gasteiger partial charge in [-0.1, -0.05) is 5.16 Å². The Morgan fingerprint density at radius 3 is 2.62 bits per heavy atom. The van der Waals surface area contributed by atoms with Gasteiger partial charge in [-0.25, -0.2) is 24.3 Å². The third kappa shape index (κ3) is 3.06. The van der Waals surface area contributed by atoms with E-state index < -0.39 is 0 Å². The summed E-state index contributed by atoms with van der Waals surface area (Å²) in [6, 6.07) is 5.77. The van der Waals surface area contributed by atoms with Crippen molar-refractivity contribution in [1.82, 2.24) is 30.1 Å². The fourth-order valence-electron chi connectivity index (χ4n) is 2.46. The summed E-state index contributed by atoms with van der Waals surface area (Å²) in [6.45, 7) is 3.62. The summed E-state index contributed by atoms with van der Waals surface area (Å²) in [5, 5.41) is 6.98. The van der Waals surface area contributed by atoms with Gasteiger partial charge in [-0.3, -0.25) is 0 Å². The summed E-state index contributed by atoms with van der Waals surface area (Å²) in [4.78, 5) is 21.5. The first kappa shape index (κ1) is 16.0. The summed E-state index contributed by atoms with van der Waals surface area (Å²) in [6.07, 6.45) is 3.00. The van der Waals surface area contributed by atoms with Crippen LogP contribution in [0.4, 0.5) is 10.2 Å². The van der Waals surface area contributed by atoms with Crippen LogP contribution >= 0.6 is 0 Å². The second-order valence-corrected chi connectivity index (χ2v) is 5.70. The molecule has 0 saturated carbocycles. The molecule has 0 radical (unpaired) electrons. The van der Waals surface area contributed by atoms with Crippen molar-refractivity contribution < 1.29 is 8.91 Å². The SMILES string of the molecule is Cc1noc(C(C)Nc2ncnc3ncc(-c4ccc(F)cc4)nc23)n1. The summed E-state index contributed by atoms with van der Waals surface area (Å²) < 4.78 is 18.3. The molecule has 0 amide bonds. The maximum atomic E-state index is 13.1. The normalized spacial score (nSPS) is 12.3. The van der Waals surface area contributed by atoms with E-state index in [-0.39, 0.29) is 11.9 Å². The molecule has 4 rings (SSSR count). The Morgan fingerprint density at radius 2 is 1.88 bits per heavy atom. The van der Waals surface area contributed by atoms with Crippen LogP contribution in [0.1, 0.15) is 24.7 Å². The molecule has 4 aromatic rings. The Bertz CT molecular complexity index is 1060. The van der Waals surface area contributed by atoms with Crippen LogP contribution in [-0.4, -0.2) is 30.1 Å². The molecule has 3 heterocycles. The molecule has 0 fully saturated rings. The van der Waals surface area contributed by atoms with Crippen LogP contribution in [0.5, 0.6) is 0 Å². The van der Waals surface area contributed by atoms with Crippen molar-refractivity contribution in [3.63, 3.8) is 0 Å². The Morgan fingerprint density at radius 1 is 1.08 bits per heavy atom. The molecule has 0 saturated heterocycles. The van der Waals surface area contributed by atoms with Crippen LogP contribution in [0.2, 0.25) is 0 Å². The van der Waals surface area contributed by atoms with Crippen molar-refractivity contribution in [3.8, 4) is 11.3 Å². The smallest absolute Gasteiger partial charge is 0.248 e. The second kappa shape index (κ2) is 6.43. The molecule has 130 valence electrons. The molecule has 1 N–H and O–H groups in total. The Labute approximate surface area is 147 Å². The molecule has 0 aliphatic carbocycles. The molecule has 0 aliphatic rings. The lowest BCUT2D eigenvalue weighted by Crippen LogP contribution is -2.10. The van der Waals surface area contributed by atoms with Gasteiger partial charge in [0, 0.05) is 5.56 Å². The van der Waals surface area contributed by atoms with Gasteiger partial charge in [-0.05, 0) is 38.1 Å². The van der Waals surface area contributed by atoms with E-state index in [9.17, 15) is 4.39 Å². The van der Waals surface area contributed by atoms with Crippen LogP contribution < -0.4 is 5.32 Å². The lowest BCUT2D eigenvalue weighted by atomic mass is 10.1. The second-order valence-electron chi connectivity index (χ2n) is 5.70. The topological polar surface area (TPSA) is 103 Å². The number of benzene rings is 1. The minimum Gasteiger partial charge on any atom is -0.357 e. The molecule has 1 unspecified atom stereocenters. The molecule has 0 aliphatic heterocycles. The summed E-state index contributed by atoms with van der Waals surface area (Å²) >= 11 is 0. The van der Waals surface area contributed by atoms with E-state index in [1.807, 2.05) is 6.92 Å². The molecule has 0 bridgehead atoms. The number of rotatable bonds is 4. The van der Waals surface area contributed by atoms with E-state index in [1.165, 1.54) is 18.5 Å². The zero-order valence-electron chi connectivity index (χ0n) is 14.0. The zero-order chi connectivity index (χ0) is 18.1. The molecule has 8 nitrogen and oxygen atoms in total. The summed E-state index contributed by atoms with van der Waals surface area (Å²) in [5.74, 6) is 1.18. The van der Waals surface area contributed by atoms with Gasteiger partial charge in [0.25, 0.3) is 0 Å². The van der Waals surface area contributed by atoms with E-state index in [2.05, 4.69) is 35.4 Å². The average Bonchev–Trinajstić information content (AvgIpc) is 3.09. The van der Waals surface area contributed by atoms with Gasteiger partial charge in [-0.15, -0.1) is 0 Å². The first-order chi connectivity index (χ1) is 12.6. The number of nitrogens with one attached hydrogen (secondary N) is 1. The van der Waals surface area contributed by atoms with Crippen LogP contribution in [0.15, 0.2) is 41.3 Å². The van der Waals surface area contributed by atoms with Crippen LogP contribution in [-0.2, 0) is 0 Å². The van der Waals surface area contributed by atoms with E-state index in [0.717, 1.165) is 5.56 Å². The number of anilines is 1. The molecule has 26 heavy (non-hydrogen) atoms. The molecule has 1 aromatic carbocycles. The monoisotopic (exact) mass is 351 g/mol. The number of nitrogens with zero attached hydrogens (tertiary/aromatic N) is 6. The Kier molecular flexibility index (Phi) is 3.96. The number of aromatic nitrogens is 6. The van der Waals surface area contributed by atoms with Crippen LogP contribution in [0, 0.1) is 12.7 Å². The summed E-state index contributed by atoms with van der Waals surface area (Å²) in [7, 11) is 0. The standard InChI is InChI=1S/C17H14FN7O/c1-9(17-23-10(2)25-26-17)22-16-14-15(20-8-21-16)19-7-13(24-14)11-3-5-12(18)6-4-11/h3-9H,1-2H3,(H,19,20,21,22). The van der Waals surface area contributed by atoms with Crippen LogP contribution in [0.25, 0.3) is 22.4 Å².